The van der Waals surface area contributed by atoms with E-state index >= 15 is 0 Å². The number of cyclic esters (lactones) is 3. The number of fused-ring (bicyclic) bond motifs is 3. The van der Waals surface area contributed by atoms with E-state index in [0.717, 1.165) is 40.4 Å². The van der Waals surface area contributed by atoms with Gasteiger partial charge in [0.05, 0.1) is 19.8 Å². The zero-order valence-electron chi connectivity index (χ0n) is 44.4. The fourth-order valence-electron chi connectivity index (χ4n) is 7.17. The van der Waals surface area contributed by atoms with Gasteiger partial charge in [0.15, 0.2) is 0 Å². The largest absolute Gasteiger partial charge is 0.508 e. The summed E-state index contributed by atoms with van der Waals surface area (Å²) in [6.45, 7) is 43.4. The van der Waals surface area contributed by atoms with Crippen LogP contribution in [0.5, 0.6) is 34.5 Å². The summed E-state index contributed by atoms with van der Waals surface area (Å²) >= 11 is 0. The van der Waals surface area contributed by atoms with E-state index in [2.05, 4.69) is 72.1 Å². The van der Waals surface area contributed by atoms with Crippen LogP contribution in [-0.4, -0.2) is 77.3 Å². The standard InChI is InChI=1S/C19H28O4Si.C17H24O4Si.C14H20O4Si.C4H8/c1-12(2)7-8-14-17(20)13(3)15-11-23-19(21)16(15)18(14)22-9-10-24(4,5)6;1-6-7-12-15(18)11(2)13-10-21-17(19)14(13)16(12)20-8-9-22(3,4)5;1-9-10-8-18-14(16)13(10)12(7-11(9)15)17-5-6-19(2,3)4;1-4(2)3/h7,20H,8-11H2,1-6H3;6,18H,1,7-10H2,2-5H3;7,15H,5-6,8H2,1-4H3;1H2,2-3H3. The average molecular weight is 1010 g/mol. The lowest BCUT2D eigenvalue weighted by atomic mass is 9.95. The summed E-state index contributed by atoms with van der Waals surface area (Å²) in [6, 6.07) is 4.50. The predicted molar refractivity (Wildman–Crippen MR) is 284 cm³/mol. The molecule has 0 fully saturated rings. The molecule has 3 aliphatic heterocycles. The predicted octanol–water partition coefficient (Wildman–Crippen LogP) is 13.1. The molecule has 0 saturated heterocycles. The first-order valence-electron chi connectivity index (χ1n) is 23.8. The summed E-state index contributed by atoms with van der Waals surface area (Å²) in [5.41, 5.74) is 9.41. The summed E-state index contributed by atoms with van der Waals surface area (Å²) in [7, 11) is -3.67. The number of hydrogen-bond acceptors (Lipinski definition) is 12. The van der Waals surface area contributed by atoms with Crippen molar-refractivity contribution in [2.24, 2.45) is 0 Å². The van der Waals surface area contributed by atoms with Crippen molar-refractivity contribution in [3.8, 4) is 34.5 Å². The minimum atomic E-state index is -1.25. The van der Waals surface area contributed by atoms with E-state index < -0.39 is 24.2 Å². The van der Waals surface area contributed by atoms with Crippen LogP contribution in [0.3, 0.4) is 0 Å². The molecule has 0 saturated carbocycles. The van der Waals surface area contributed by atoms with Crippen LogP contribution in [0.1, 0.15) is 103 Å². The van der Waals surface area contributed by atoms with Gasteiger partial charge in [-0.3, -0.25) is 0 Å². The van der Waals surface area contributed by atoms with Gasteiger partial charge in [0, 0.05) is 58.1 Å². The lowest BCUT2D eigenvalue weighted by Crippen LogP contribution is -2.23. The maximum Gasteiger partial charge on any atom is 0.342 e. The Morgan fingerprint density at radius 1 is 0.594 bits per heavy atom. The highest BCUT2D eigenvalue weighted by Crippen LogP contribution is 2.44. The van der Waals surface area contributed by atoms with Gasteiger partial charge in [-0.05, 0) is 96.1 Å². The van der Waals surface area contributed by atoms with Gasteiger partial charge < -0.3 is 43.7 Å². The highest BCUT2D eigenvalue weighted by atomic mass is 28.3. The Balaban J connectivity index is 0.000000265. The quantitative estimate of drug-likeness (QED) is 0.0539. The molecule has 3 aliphatic rings. The molecule has 0 atom stereocenters. The third kappa shape index (κ3) is 16.4. The van der Waals surface area contributed by atoms with Crippen LogP contribution in [0.4, 0.5) is 0 Å². The van der Waals surface area contributed by atoms with E-state index in [0.29, 0.717) is 94.4 Å². The Morgan fingerprint density at radius 2 is 0.942 bits per heavy atom. The molecule has 6 rings (SSSR count). The van der Waals surface area contributed by atoms with Gasteiger partial charge in [-0.1, -0.05) is 82.2 Å². The normalized spacial score (nSPS) is 13.4. The van der Waals surface area contributed by atoms with Crippen molar-refractivity contribution in [3.63, 3.8) is 0 Å². The third-order valence-corrected chi connectivity index (χ3v) is 16.6. The summed E-state index contributed by atoms with van der Waals surface area (Å²) < 4.78 is 33.0. The second-order valence-electron chi connectivity index (χ2n) is 22.0. The molecule has 0 amide bonds. The number of esters is 3. The molecule has 3 aromatic rings. The molecule has 0 bridgehead atoms. The second-order valence-corrected chi connectivity index (χ2v) is 38.9. The minimum absolute atomic E-state index is 0.153. The fraction of sp³-hybridized carbons (Fsp3) is 0.500. The number of hydrogen-bond donors (Lipinski definition) is 3. The molecule has 3 aromatic carbocycles. The average Bonchev–Trinajstić information content (AvgIpc) is 3.93. The number of aromatic hydroxyl groups is 3. The number of rotatable bonds is 16. The molecule has 0 aromatic heterocycles. The van der Waals surface area contributed by atoms with Crippen LogP contribution in [0.2, 0.25) is 77.1 Å². The van der Waals surface area contributed by atoms with Crippen molar-refractivity contribution >= 4 is 42.1 Å². The molecule has 12 nitrogen and oxygen atoms in total. The van der Waals surface area contributed by atoms with E-state index in [4.69, 9.17) is 28.4 Å². The molecule has 3 N–H and O–H groups in total. The lowest BCUT2D eigenvalue weighted by Gasteiger charge is -2.20. The highest BCUT2D eigenvalue weighted by molar-refractivity contribution is 6.76. The first kappa shape index (κ1) is 58.1. The van der Waals surface area contributed by atoms with Crippen LogP contribution in [0, 0.1) is 20.8 Å². The molecule has 0 aliphatic carbocycles. The zero-order chi connectivity index (χ0) is 52.3. The smallest absolute Gasteiger partial charge is 0.342 e. The second kappa shape index (κ2) is 24.5. The molecule has 3 heterocycles. The van der Waals surface area contributed by atoms with E-state index in [-0.39, 0.29) is 55.0 Å². The number of benzene rings is 3. The van der Waals surface area contributed by atoms with Gasteiger partial charge in [0.1, 0.15) is 71.0 Å². The molecule has 380 valence electrons. The SMILES string of the molecule is C=C(C)C.C=CCc1c(O)c(C)c2c(c1OCC[Si](C)(C)C)C(=O)OC2.CC(C)=CCc1c(O)c(C)c2c(c1OCC[Si](C)(C)C)C(=O)OC2.Cc1c(O)cc(OCC[Si](C)(C)C)c2c1COC2=O. The number of ether oxygens (including phenoxy) is 6. The Kier molecular flexibility index (Phi) is 20.6. The Morgan fingerprint density at radius 3 is 1.30 bits per heavy atom. The topological polar surface area (TPSA) is 167 Å². The number of allylic oxidation sites excluding steroid dienone is 4. The zero-order valence-corrected chi connectivity index (χ0v) is 47.4. The van der Waals surface area contributed by atoms with Crippen molar-refractivity contribution in [3.05, 3.63) is 104 Å². The van der Waals surface area contributed by atoms with Gasteiger partial charge in [-0.25, -0.2) is 14.4 Å². The summed E-state index contributed by atoms with van der Waals surface area (Å²) in [4.78, 5) is 36.0. The molecule has 0 radical (unpaired) electrons. The van der Waals surface area contributed by atoms with E-state index in [1.807, 2.05) is 40.7 Å². The van der Waals surface area contributed by atoms with E-state index in [1.54, 1.807) is 19.9 Å². The molecular formula is C54H80O12Si3. The summed E-state index contributed by atoms with van der Waals surface area (Å²) in [5.74, 6) is 0.888. The van der Waals surface area contributed by atoms with Gasteiger partial charge in [-0.15, -0.1) is 13.2 Å². The summed E-state index contributed by atoms with van der Waals surface area (Å²) in [5, 5.41) is 30.9. The molecule has 0 unspecified atom stereocenters. The number of phenols is 3. The monoisotopic (exact) mass is 1000 g/mol. The number of phenolic OH excluding ortho intramolecular Hbond substituents is 3. The number of carbonyl (C=O) groups is 3. The highest BCUT2D eigenvalue weighted by Gasteiger charge is 2.35. The van der Waals surface area contributed by atoms with Crippen LogP contribution in [0.25, 0.3) is 0 Å². The molecule has 15 heteroatoms. The number of carbonyl (C=O) groups excluding carboxylic acids is 3. The van der Waals surface area contributed by atoms with Crippen molar-refractivity contribution in [2.75, 3.05) is 19.8 Å². The van der Waals surface area contributed by atoms with Crippen molar-refractivity contribution in [1.29, 1.82) is 0 Å². The fourth-order valence-corrected chi connectivity index (χ4v) is 9.32. The van der Waals surface area contributed by atoms with Crippen LogP contribution in [0.15, 0.2) is 42.5 Å². The molecule has 0 spiro atoms. The Bertz CT molecular complexity index is 2420. The molecular weight excluding hydrogens is 925 g/mol. The van der Waals surface area contributed by atoms with Crippen LogP contribution < -0.4 is 14.2 Å². The van der Waals surface area contributed by atoms with Gasteiger partial charge in [-0.2, -0.15) is 0 Å². The van der Waals surface area contributed by atoms with Gasteiger partial charge in [0.25, 0.3) is 0 Å². The van der Waals surface area contributed by atoms with Crippen molar-refractivity contribution < 1.29 is 58.1 Å². The Hall–Kier alpha value is -5.26. The first-order chi connectivity index (χ1) is 31.9. The molecule has 69 heavy (non-hydrogen) atoms. The third-order valence-electron chi connectivity index (χ3n) is 11.5. The lowest BCUT2D eigenvalue weighted by molar-refractivity contribution is 0.0522. The van der Waals surface area contributed by atoms with E-state index in [9.17, 15) is 29.7 Å². The minimum Gasteiger partial charge on any atom is -0.508 e. The van der Waals surface area contributed by atoms with Crippen LogP contribution in [-0.2, 0) is 46.9 Å². The van der Waals surface area contributed by atoms with Gasteiger partial charge in [0.2, 0.25) is 0 Å². The Labute approximate surface area is 414 Å². The van der Waals surface area contributed by atoms with E-state index in [1.165, 1.54) is 11.6 Å². The van der Waals surface area contributed by atoms with Crippen molar-refractivity contribution in [1.82, 2.24) is 0 Å². The summed E-state index contributed by atoms with van der Waals surface area (Å²) in [6.07, 6.45) is 4.73. The maximum absolute atomic E-state index is 12.2. The van der Waals surface area contributed by atoms with Crippen LogP contribution >= 0.6 is 0 Å². The van der Waals surface area contributed by atoms with Crippen molar-refractivity contribution in [2.45, 2.75) is 158 Å². The first-order valence-corrected chi connectivity index (χ1v) is 34.9. The van der Waals surface area contributed by atoms with Gasteiger partial charge >= 0.3 is 17.9 Å². The maximum atomic E-state index is 12.2.